The second-order valence-corrected chi connectivity index (χ2v) is 7.98. The third-order valence-electron chi connectivity index (χ3n) is 6.05. The van der Waals surface area contributed by atoms with Crippen molar-refractivity contribution >= 4 is 5.97 Å². The van der Waals surface area contributed by atoms with Gasteiger partial charge in [-0.1, -0.05) is 51.3 Å². The fraction of sp³-hybridized carbons (Fsp3) is 0.480. The lowest BCUT2D eigenvalue weighted by Crippen LogP contribution is -2.14. The van der Waals surface area contributed by atoms with Gasteiger partial charge in [-0.3, -0.25) is 0 Å². The molecule has 0 N–H and O–H groups in total. The molecule has 2 nitrogen and oxygen atoms in total. The van der Waals surface area contributed by atoms with Crippen molar-refractivity contribution in [1.29, 1.82) is 0 Å². The highest BCUT2D eigenvalue weighted by molar-refractivity contribution is 5.91. The Hall–Kier alpha value is -2.16. The lowest BCUT2D eigenvalue weighted by Gasteiger charge is -2.28. The van der Waals surface area contributed by atoms with Crippen LogP contribution in [0, 0.1) is 11.7 Å². The Morgan fingerprint density at radius 2 is 1.75 bits per heavy atom. The summed E-state index contributed by atoms with van der Waals surface area (Å²) in [6.07, 6.45) is 9.71. The van der Waals surface area contributed by atoms with Gasteiger partial charge in [-0.25, -0.2) is 9.18 Å². The van der Waals surface area contributed by atoms with E-state index in [-0.39, 0.29) is 11.6 Å². The van der Waals surface area contributed by atoms with E-state index in [9.17, 15) is 9.18 Å². The number of halogens is 1. The van der Waals surface area contributed by atoms with Crippen molar-refractivity contribution in [1.82, 2.24) is 0 Å². The molecule has 2 aromatic carbocycles. The minimum Gasteiger partial charge on any atom is -0.423 e. The van der Waals surface area contributed by atoms with Gasteiger partial charge in [0.25, 0.3) is 0 Å². The predicted molar refractivity (Wildman–Crippen MR) is 111 cm³/mol. The molecule has 0 unspecified atom stereocenters. The van der Waals surface area contributed by atoms with Crippen LogP contribution in [0.25, 0.3) is 0 Å². The van der Waals surface area contributed by atoms with Gasteiger partial charge < -0.3 is 4.74 Å². The highest BCUT2D eigenvalue weighted by atomic mass is 19.1. The number of unbranched alkanes of at least 4 members (excludes halogenated alkanes) is 1. The van der Waals surface area contributed by atoms with E-state index in [0.717, 1.165) is 5.92 Å². The molecule has 2 aromatic rings. The summed E-state index contributed by atoms with van der Waals surface area (Å²) in [6.45, 7) is 4.15. The minimum atomic E-state index is -0.446. The minimum absolute atomic E-state index is 0.245. The SMILES string of the molecule is CCCCC1CCC(c2ccc(C(=O)Oc3ccc(CC)c(F)c3)cc2)CC1. The van der Waals surface area contributed by atoms with Crippen LogP contribution in [-0.2, 0) is 6.42 Å². The molecule has 0 spiro atoms. The molecule has 1 aliphatic carbocycles. The smallest absolute Gasteiger partial charge is 0.343 e. The average Bonchev–Trinajstić information content (AvgIpc) is 2.73. The van der Waals surface area contributed by atoms with E-state index < -0.39 is 5.97 Å². The average molecular weight is 383 g/mol. The highest BCUT2D eigenvalue weighted by Gasteiger charge is 2.22. The van der Waals surface area contributed by atoms with Crippen molar-refractivity contribution < 1.29 is 13.9 Å². The van der Waals surface area contributed by atoms with E-state index in [1.54, 1.807) is 12.1 Å². The number of aryl methyl sites for hydroxylation is 1. The summed E-state index contributed by atoms with van der Waals surface area (Å²) in [4.78, 5) is 12.4. The zero-order valence-corrected chi connectivity index (χ0v) is 17.0. The van der Waals surface area contributed by atoms with Gasteiger partial charge in [0.15, 0.2) is 0 Å². The fourth-order valence-electron chi connectivity index (χ4n) is 4.21. The first-order chi connectivity index (χ1) is 13.6. The molecule has 1 aliphatic rings. The van der Waals surface area contributed by atoms with Crippen LogP contribution in [0.2, 0.25) is 0 Å². The maximum absolute atomic E-state index is 13.9. The van der Waals surface area contributed by atoms with E-state index in [2.05, 4.69) is 6.92 Å². The van der Waals surface area contributed by atoms with Gasteiger partial charge in [0.2, 0.25) is 0 Å². The van der Waals surface area contributed by atoms with Gasteiger partial charge in [0, 0.05) is 6.07 Å². The lowest BCUT2D eigenvalue weighted by molar-refractivity contribution is 0.0734. The molecule has 0 heterocycles. The second kappa shape index (κ2) is 9.86. The largest absolute Gasteiger partial charge is 0.423 e. The molecule has 150 valence electrons. The van der Waals surface area contributed by atoms with Gasteiger partial charge in [-0.05, 0) is 73.3 Å². The van der Waals surface area contributed by atoms with Gasteiger partial charge in [-0.2, -0.15) is 0 Å². The molecule has 0 saturated heterocycles. The number of hydrogen-bond donors (Lipinski definition) is 0. The summed E-state index contributed by atoms with van der Waals surface area (Å²) in [6, 6.07) is 12.4. The Balaban J connectivity index is 1.57. The normalized spacial score (nSPS) is 19.4. The third kappa shape index (κ3) is 5.21. The van der Waals surface area contributed by atoms with Crippen LogP contribution < -0.4 is 4.74 Å². The van der Waals surface area contributed by atoms with Crippen LogP contribution in [0.15, 0.2) is 42.5 Å². The van der Waals surface area contributed by atoms with Crippen molar-refractivity contribution in [2.45, 2.75) is 71.1 Å². The Kier molecular flexibility index (Phi) is 7.24. The van der Waals surface area contributed by atoms with E-state index in [4.69, 9.17) is 4.74 Å². The number of ether oxygens (including phenoxy) is 1. The van der Waals surface area contributed by atoms with E-state index in [1.807, 2.05) is 31.2 Å². The summed E-state index contributed by atoms with van der Waals surface area (Å²) >= 11 is 0. The molecule has 1 fully saturated rings. The molecule has 0 atom stereocenters. The standard InChI is InChI=1S/C25H31FO2/c1-3-5-6-18-7-9-20(10-8-18)21-11-13-22(14-12-21)25(27)28-23-16-15-19(4-2)24(26)17-23/h11-18,20H,3-10H2,1-2H3. The molecule has 1 saturated carbocycles. The van der Waals surface area contributed by atoms with Crippen molar-refractivity contribution in [3.63, 3.8) is 0 Å². The molecule has 0 radical (unpaired) electrons. The molecule has 0 aromatic heterocycles. The van der Waals surface area contributed by atoms with Crippen molar-refractivity contribution in [2.75, 3.05) is 0 Å². The topological polar surface area (TPSA) is 26.3 Å². The number of benzene rings is 2. The first-order valence-electron chi connectivity index (χ1n) is 10.7. The Morgan fingerprint density at radius 1 is 1.04 bits per heavy atom. The van der Waals surface area contributed by atoms with Gasteiger partial charge >= 0.3 is 5.97 Å². The number of hydrogen-bond acceptors (Lipinski definition) is 2. The fourth-order valence-corrected chi connectivity index (χ4v) is 4.21. The number of carbonyl (C=O) groups excluding carboxylic acids is 1. The maximum atomic E-state index is 13.9. The Bertz CT molecular complexity index is 774. The summed E-state index contributed by atoms with van der Waals surface area (Å²) in [5, 5.41) is 0. The lowest BCUT2D eigenvalue weighted by atomic mass is 9.77. The molecule has 28 heavy (non-hydrogen) atoms. The van der Waals surface area contributed by atoms with E-state index in [0.29, 0.717) is 23.5 Å². The molecule has 0 bridgehead atoms. The van der Waals surface area contributed by atoms with Gasteiger partial charge in [0.1, 0.15) is 11.6 Å². The van der Waals surface area contributed by atoms with Crippen LogP contribution in [0.1, 0.15) is 86.2 Å². The molecule has 3 rings (SSSR count). The highest BCUT2D eigenvalue weighted by Crippen LogP contribution is 2.37. The second-order valence-electron chi connectivity index (χ2n) is 7.98. The molecular formula is C25H31FO2. The monoisotopic (exact) mass is 382 g/mol. The van der Waals surface area contributed by atoms with Gasteiger partial charge in [0.05, 0.1) is 5.56 Å². The van der Waals surface area contributed by atoms with Crippen molar-refractivity contribution in [3.8, 4) is 5.75 Å². The molecule has 0 amide bonds. The third-order valence-corrected chi connectivity index (χ3v) is 6.05. The molecular weight excluding hydrogens is 351 g/mol. The summed E-state index contributed by atoms with van der Waals surface area (Å²) in [5.74, 6) is 0.953. The van der Waals surface area contributed by atoms with Crippen molar-refractivity contribution in [2.24, 2.45) is 5.92 Å². The Labute approximate surface area is 168 Å². The van der Waals surface area contributed by atoms with Crippen LogP contribution >= 0.6 is 0 Å². The van der Waals surface area contributed by atoms with Crippen molar-refractivity contribution in [3.05, 3.63) is 65.0 Å². The zero-order valence-electron chi connectivity index (χ0n) is 17.0. The van der Waals surface area contributed by atoms with Gasteiger partial charge in [-0.15, -0.1) is 0 Å². The molecule has 0 aliphatic heterocycles. The summed E-state index contributed by atoms with van der Waals surface area (Å²) in [7, 11) is 0. The Morgan fingerprint density at radius 3 is 2.36 bits per heavy atom. The van der Waals surface area contributed by atoms with Crippen LogP contribution in [-0.4, -0.2) is 5.97 Å². The summed E-state index contributed by atoms with van der Waals surface area (Å²) < 4.78 is 19.2. The van der Waals surface area contributed by atoms with E-state index >= 15 is 0 Å². The van der Waals surface area contributed by atoms with Crippen LogP contribution in [0.4, 0.5) is 4.39 Å². The van der Waals surface area contributed by atoms with Crippen LogP contribution in [0.5, 0.6) is 5.75 Å². The summed E-state index contributed by atoms with van der Waals surface area (Å²) in [5.41, 5.74) is 2.43. The van der Waals surface area contributed by atoms with Crippen LogP contribution in [0.3, 0.4) is 0 Å². The first kappa shape index (κ1) is 20.6. The number of carbonyl (C=O) groups is 1. The number of esters is 1. The van der Waals surface area contributed by atoms with E-state index in [1.165, 1.54) is 56.6 Å². The zero-order chi connectivity index (χ0) is 19.9. The quantitative estimate of drug-likeness (QED) is 0.378. The maximum Gasteiger partial charge on any atom is 0.343 e. The molecule has 3 heteroatoms. The number of rotatable bonds is 7. The first-order valence-corrected chi connectivity index (χ1v) is 10.7. The predicted octanol–water partition coefficient (Wildman–Crippen LogP) is 7.07.